The highest BCUT2D eigenvalue weighted by atomic mass is 32.1. The van der Waals surface area contributed by atoms with E-state index in [4.69, 9.17) is 4.42 Å². The highest BCUT2D eigenvalue weighted by Gasteiger charge is 2.30. The smallest absolute Gasteiger partial charge is 0.280 e. The van der Waals surface area contributed by atoms with Crippen LogP contribution in [0.15, 0.2) is 87.3 Å². The molecule has 3 aromatic carbocycles. The number of rotatable bonds is 5. The van der Waals surface area contributed by atoms with Gasteiger partial charge in [-0.05, 0) is 61.0 Å². The molecule has 0 atom stereocenters. The predicted octanol–water partition coefficient (Wildman–Crippen LogP) is 5.05. The second-order valence-corrected chi connectivity index (χ2v) is 10.0. The van der Waals surface area contributed by atoms with Crippen molar-refractivity contribution in [3.05, 3.63) is 99.9 Å². The average Bonchev–Trinajstić information content (AvgIpc) is 3.51. The minimum Gasteiger partial charge on any atom is -0.463 e. The maximum atomic E-state index is 13.7. The average molecular weight is 537 g/mol. The van der Waals surface area contributed by atoms with Crippen LogP contribution in [-0.2, 0) is 9.59 Å². The van der Waals surface area contributed by atoms with E-state index in [1.807, 2.05) is 25.1 Å². The van der Waals surface area contributed by atoms with Crippen molar-refractivity contribution in [2.75, 3.05) is 9.91 Å². The van der Waals surface area contributed by atoms with E-state index < -0.39 is 5.91 Å². The molecule has 0 saturated carbocycles. The second kappa shape index (κ2) is 9.73. The number of imide groups is 1. The third-order valence-electron chi connectivity index (χ3n) is 6.35. The van der Waals surface area contributed by atoms with Crippen LogP contribution in [0.5, 0.6) is 0 Å². The van der Waals surface area contributed by atoms with Gasteiger partial charge in [-0.15, -0.1) is 0 Å². The van der Waals surface area contributed by atoms with Gasteiger partial charge < -0.3 is 4.42 Å². The molecule has 1 aliphatic rings. The number of thiazole rings is 1. The summed E-state index contributed by atoms with van der Waals surface area (Å²) < 4.78 is 6.46. The quantitative estimate of drug-likeness (QED) is 0.177. The molecule has 2 aromatic heterocycles. The molecule has 1 saturated heterocycles. The van der Waals surface area contributed by atoms with Crippen LogP contribution in [0.4, 0.5) is 10.8 Å². The zero-order valence-electron chi connectivity index (χ0n) is 20.7. The van der Waals surface area contributed by atoms with Gasteiger partial charge in [0.1, 0.15) is 11.8 Å². The highest BCUT2D eigenvalue weighted by Crippen LogP contribution is 2.31. The Balaban J connectivity index is 1.39. The SMILES string of the molecule is Cc1ccc2nc(N(/N=C/c3coc4ccccc4c3=O)C(=O)c3ccc(N4C(=O)CCC4=O)cc3)sc2c1. The molecule has 0 aliphatic carbocycles. The normalized spacial score (nSPS) is 13.7. The Morgan fingerprint density at radius 1 is 1.03 bits per heavy atom. The van der Waals surface area contributed by atoms with Gasteiger partial charge in [-0.3, -0.25) is 24.1 Å². The lowest BCUT2D eigenvalue weighted by atomic mass is 10.2. The van der Waals surface area contributed by atoms with Gasteiger partial charge >= 0.3 is 0 Å². The minimum atomic E-state index is -0.502. The predicted molar refractivity (Wildman–Crippen MR) is 149 cm³/mol. The number of anilines is 2. The van der Waals surface area contributed by atoms with Crippen molar-refractivity contribution < 1.29 is 18.8 Å². The number of fused-ring (bicyclic) bond motifs is 2. The fourth-order valence-corrected chi connectivity index (χ4v) is 5.36. The Kier molecular flexibility index (Phi) is 6.08. The molecule has 0 bridgehead atoms. The summed E-state index contributed by atoms with van der Waals surface area (Å²) in [6.07, 6.45) is 2.92. The van der Waals surface area contributed by atoms with Crippen LogP contribution in [0.2, 0.25) is 0 Å². The Labute approximate surface area is 225 Å². The first-order valence-electron chi connectivity index (χ1n) is 12.1. The molecule has 0 N–H and O–H groups in total. The number of hydrazone groups is 1. The third kappa shape index (κ3) is 4.51. The van der Waals surface area contributed by atoms with Gasteiger partial charge in [-0.25, -0.2) is 4.98 Å². The summed E-state index contributed by atoms with van der Waals surface area (Å²) in [4.78, 5) is 56.6. The van der Waals surface area contributed by atoms with Crippen LogP contribution in [-0.4, -0.2) is 28.9 Å². The Morgan fingerprint density at radius 2 is 1.77 bits per heavy atom. The first-order chi connectivity index (χ1) is 18.9. The molecule has 1 aliphatic heterocycles. The first kappa shape index (κ1) is 24.4. The molecule has 0 radical (unpaired) electrons. The standard InChI is InChI=1S/C29H20N4O5S/c1-17-6-11-22-24(14-17)39-29(31-22)33(30-15-19-16-38-23-5-3-2-4-21(23)27(19)36)28(37)18-7-9-20(10-8-18)32-25(34)12-13-26(32)35/h2-11,14-16H,12-13H2,1H3/b30-15+. The summed E-state index contributed by atoms with van der Waals surface area (Å²) in [5.74, 6) is -1.05. The van der Waals surface area contributed by atoms with E-state index in [1.54, 1.807) is 36.4 Å². The van der Waals surface area contributed by atoms with Gasteiger partial charge in [-0.1, -0.05) is 29.5 Å². The van der Waals surface area contributed by atoms with Crippen molar-refractivity contribution >= 4 is 67.3 Å². The molecule has 192 valence electrons. The fraction of sp³-hybridized carbons (Fsp3) is 0.103. The van der Waals surface area contributed by atoms with E-state index in [1.165, 1.54) is 35.9 Å². The van der Waals surface area contributed by atoms with Crippen LogP contribution < -0.4 is 15.3 Å². The molecule has 0 unspecified atom stereocenters. The van der Waals surface area contributed by atoms with E-state index in [0.29, 0.717) is 27.3 Å². The number of aryl methyl sites for hydroxylation is 1. The number of carbonyl (C=O) groups excluding carboxylic acids is 3. The van der Waals surface area contributed by atoms with Crippen molar-refractivity contribution in [2.24, 2.45) is 5.10 Å². The number of nitrogens with zero attached hydrogens (tertiary/aromatic N) is 4. The summed E-state index contributed by atoms with van der Waals surface area (Å²) in [6, 6.07) is 18.8. The molecule has 0 spiro atoms. The molecule has 10 heteroatoms. The van der Waals surface area contributed by atoms with Crippen molar-refractivity contribution in [2.45, 2.75) is 19.8 Å². The number of amides is 3. The van der Waals surface area contributed by atoms with Gasteiger partial charge in [0.25, 0.3) is 5.91 Å². The van der Waals surface area contributed by atoms with Crippen LogP contribution in [0.1, 0.15) is 34.3 Å². The van der Waals surface area contributed by atoms with Crippen molar-refractivity contribution in [3.8, 4) is 0 Å². The van der Waals surface area contributed by atoms with Gasteiger partial charge in [0.05, 0.1) is 33.1 Å². The zero-order chi connectivity index (χ0) is 27.1. The van der Waals surface area contributed by atoms with Crippen molar-refractivity contribution in [1.82, 2.24) is 4.98 Å². The number of benzene rings is 3. The zero-order valence-corrected chi connectivity index (χ0v) is 21.5. The fourth-order valence-electron chi connectivity index (χ4n) is 4.34. The van der Waals surface area contributed by atoms with Crippen LogP contribution in [0.3, 0.4) is 0 Å². The maximum absolute atomic E-state index is 13.7. The van der Waals surface area contributed by atoms with Gasteiger partial charge in [0.2, 0.25) is 22.4 Å². The highest BCUT2D eigenvalue weighted by molar-refractivity contribution is 7.22. The third-order valence-corrected chi connectivity index (χ3v) is 7.34. The van der Waals surface area contributed by atoms with E-state index in [0.717, 1.165) is 20.2 Å². The minimum absolute atomic E-state index is 0.169. The Morgan fingerprint density at radius 3 is 2.54 bits per heavy atom. The number of hydrogen-bond acceptors (Lipinski definition) is 8. The lowest BCUT2D eigenvalue weighted by molar-refractivity contribution is -0.121. The summed E-state index contributed by atoms with van der Waals surface area (Å²) in [5.41, 5.74) is 2.76. The summed E-state index contributed by atoms with van der Waals surface area (Å²) in [5, 5.41) is 6.23. The summed E-state index contributed by atoms with van der Waals surface area (Å²) in [7, 11) is 0. The maximum Gasteiger partial charge on any atom is 0.280 e. The number of para-hydroxylation sites is 1. The number of aromatic nitrogens is 1. The van der Waals surface area contributed by atoms with E-state index >= 15 is 0 Å². The number of hydrogen-bond donors (Lipinski definition) is 0. The molecule has 5 aromatic rings. The summed E-state index contributed by atoms with van der Waals surface area (Å²) in [6.45, 7) is 1.97. The molecule has 3 amide bonds. The van der Waals surface area contributed by atoms with Gasteiger partial charge in [0, 0.05) is 18.4 Å². The van der Waals surface area contributed by atoms with Crippen molar-refractivity contribution in [1.29, 1.82) is 0 Å². The van der Waals surface area contributed by atoms with Gasteiger partial charge in [0.15, 0.2) is 0 Å². The van der Waals surface area contributed by atoms with Crippen LogP contribution in [0, 0.1) is 6.92 Å². The number of carbonyl (C=O) groups is 3. The van der Waals surface area contributed by atoms with Crippen molar-refractivity contribution in [3.63, 3.8) is 0 Å². The second-order valence-electron chi connectivity index (χ2n) is 9.02. The topological polar surface area (TPSA) is 113 Å². The largest absolute Gasteiger partial charge is 0.463 e. The van der Waals surface area contributed by atoms with Crippen LogP contribution in [0.25, 0.3) is 21.2 Å². The monoisotopic (exact) mass is 536 g/mol. The molecule has 39 heavy (non-hydrogen) atoms. The molecule has 3 heterocycles. The van der Waals surface area contributed by atoms with E-state index in [-0.39, 0.29) is 41.2 Å². The Hall–Kier alpha value is -4.96. The lowest BCUT2D eigenvalue weighted by Crippen LogP contribution is -2.29. The molecule has 9 nitrogen and oxygen atoms in total. The van der Waals surface area contributed by atoms with E-state index in [2.05, 4.69) is 10.1 Å². The Bertz CT molecular complexity index is 1860. The lowest BCUT2D eigenvalue weighted by Gasteiger charge is -2.16. The molecule has 6 rings (SSSR count). The molecular weight excluding hydrogens is 516 g/mol. The van der Waals surface area contributed by atoms with E-state index in [9.17, 15) is 19.2 Å². The van der Waals surface area contributed by atoms with Crippen LogP contribution >= 0.6 is 11.3 Å². The summed E-state index contributed by atoms with van der Waals surface area (Å²) >= 11 is 1.29. The molecular formula is C29H20N4O5S. The first-order valence-corrected chi connectivity index (χ1v) is 12.9. The molecule has 1 fully saturated rings. The van der Waals surface area contributed by atoms with Gasteiger partial charge in [-0.2, -0.15) is 10.1 Å².